The highest BCUT2D eigenvalue weighted by Gasteiger charge is 2.35. The topological polar surface area (TPSA) is 76.1 Å². The van der Waals surface area contributed by atoms with E-state index in [9.17, 15) is 14.7 Å². The predicted octanol–water partition coefficient (Wildman–Crippen LogP) is 4.92. The normalized spacial score (nSPS) is 21.4. The van der Waals surface area contributed by atoms with Crippen LogP contribution in [0.4, 0.5) is 10.5 Å². The number of carboxylic acid groups (broad SMARTS) is 1. The summed E-state index contributed by atoms with van der Waals surface area (Å²) in [6, 6.07) is 11.7. The van der Waals surface area contributed by atoms with Gasteiger partial charge in [0.2, 0.25) is 5.91 Å². The molecule has 0 spiro atoms. The summed E-state index contributed by atoms with van der Waals surface area (Å²) in [7, 11) is 0. The van der Waals surface area contributed by atoms with E-state index < -0.39 is 6.09 Å². The molecule has 36 heavy (non-hydrogen) atoms. The van der Waals surface area contributed by atoms with Crippen LogP contribution in [-0.4, -0.2) is 83.2 Å². The summed E-state index contributed by atoms with van der Waals surface area (Å²) in [4.78, 5) is 30.8. The van der Waals surface area contributed by atoms with Gasteiger partial charge in [0.15, 0.2) is 0 Å². The maximum Gasteiger partial charge on any atom is 0.407 e. The van der Waals surface area contributed by atoms with Crippen molar-refractivity contribution in [3.63, 3.8) is 0 Å². The number of carbonyl (C=O) groups excluding carboxylic acids is 1. The fourth-order valence-electron chi connectivity index (χ4n) is 5.43. The number of nitrogens with zero attached hydrogens (tertiary/aromatic N) is 3. The van der Waals surface area contributed by atoms with Crippen molar-refractivity contribution in [3.05, 3.63) is 63.1 Å². The quantitative estimate of drug-likeness (QED) is 0.552. The highest BCUT2D eigenvalue weighted by molar-refractivity contribution is 6.42. The van der Waals surface area contributed by atoms with Gasteiger partial charge in [-0.2, -0.15) is 0 Å². The van der Waals surface area contributed by atoms with Crippen LogP contribution < -0.4 is 5.32 Å². The fourth-order valence-corrected chi connectivity index (χ4v) is 5.75. The Morgan fingerprint density at radius 3 is 2.33 bits per heavy atom. The average molecular weight is 534 g/mol. The number of hydrogen-bond donors (Lipinski definition) is 2. The summed E-state index contributed by atoms with van der Waals surface area (Å²) >= 11 is 12.2. The molecule has 2 aromatic carbocycles. The number of piperazine rings is 1. The van der Waals surface area contributed by atoms with Gasteiger partial charge in [-0.15, -0.1) is 0 Å². The summed E-state index contributed by atoms with van der Waals surface area (Å²) in [6.07, 6.45) is 1.33. The van der Waals surface area contributed by atoms with Crippen molar-refractivity contribution in [2.75, 3.05) is 44.6 Å². The van der Waals surface area contributed by atoms with Crippen molar-refractivity contribution in [2.24, 2.45) is 0 Å². The molecular formula is C27H34Cl2N4O3. The number of rotatable bonds is 6. The summed E-state index contributed by atoms with van der Waals surface area (Å²) in [5.41, 5.74) is 4.02. The van der Waals surface area contributed by atoms with E-state index in [2.05, 4.69) is 15.1 Å². The van der Waals surface area contributed by atoms with Gasteiger partial charge in [-0.05, 0) is 61.9 Å². The van der Waals surface area contributed by atoms with Crippen molar-refractivity contribution in [2.45, 2.75) is 45.2 Å². The minimum Gasteiger partial charge on any atom is -0.465 e. The standard InChI is InChI=1S/C27H34Cl2N4O3/c1-18-4-3-5-19(2)26(18)30-25(34)17-31-10-12-32(13-11-31)21-8-9-33(27(35)36)22(16-21)14-20-6-7-23(28)24(29)15-20/h3-7,15,21-22H,8-14,16-17H2,1-2H3,(H,30,34)(H,35,36)/t21-,22-/m1/s1. The highest BCUT2D eigenvalue weighted by atomic mass is 35.5. The minimum atomic E-state index is -0.877. The Kier molecular flexibility index (Phi) is 8.78. The van der Waals surface area contributed by atoms with Gasteiger partial charge in [-0.25, -0.2) is 4.79 Å². The molecule has 9 heteroatoms. The fraction of sp³-hybridized carbons (Fsp3) is 0.481. The zero-order valence-corrected chi connectivity index (χ0v) is 22.4. The van der Waals surface area contributed by atoms with Crippen LogP contribution in [-0.2, 0) is 11.2 Å². The first-order chi connectivity index (χ1) is 17.2. The lowest BCUT2D eigenvalue weighted by atomic mass is 9.91. The van der Waals surface area contributed by atoms with E-state index in [1.54, 1.807) is 11.0 Å². The predicted molar refractivity (Wildman–Crippen MR) is 144 cm³/mol. The minimum absolute atomic E-state index is 0.0114. The van der Waals surface area contributed by atoms with Crippen LogP contribution in [0.1, 0.15) is 29.5 Å². The van der Waals surface area contributed by atoms with E-state index in [-0.39, 0.29) is 11.9 Å². The van der Waals surface area contributed by atoms with E-state index in [0.717, 1.165) is 61.4 Å². The number of nitrogens with one attached hydrogen (secondary N) is 1. The molecule has 194 valence electrons. The van der Waals surface area contributed by atoms with Gasteiger partial charge < -0.3 is 15.3 Å². The maximum absolute atomic E-state index is 12.7. The first-order valence-corrected chi connectivity index (χ1v) is 13.2. The van der Waals surface area contributed by atoms with Crippen LogP contribution in [0.3, 0.4) is 0 Å². The molecular weight excluding hydrogens is 499 g/mol. The molecule has 4 rings (SSSR count). The highest BCUT2D eigenvalue weighted by Crippen LogP contribution is 2.28. The molecule has 0 bridgehead atoms. The second kappa shape index (κ2) is 11.8. The Hall–Kier alpha value is -2.32. The smallest absolute Gasteiger partial charge is 0.407 e. The van der Waals surface area contributed by atoms with Crippen LogP contribution in [0.5, 0.6) is 0 Å². The number of piperidine rings is 1. The van der Waals surface area contributed by atoms with Gasteiger partial charge in [-0.3, -0.25) is 14.6 Å². The number of aryl methyl sites for hydroxylation is 2. The number of benzene rings is 2. The van der Waals surface area contributed by atoms with Gasteiger partial charge in [0, 0.05) is 50.5 Å². The first kappa shape index (κ1) is 26.7. The number of carbonyl (C=O) groups is 2. The zero-order valence-electron chi connectivity index (χ0n) is 20.8. The lowest BCUT2D eigenvalue weighted by Crippen LogP contribution is -2.57. The number of amides is 2. The van der Waals surface area contributed by atoms with E-state index in [1.807, 2.05) is 44.2 Å². The van der Waals surface area contributed by atoms with Crippen molar-refractivity contribution in [1.82, 2.24) is 14.7 Å². The van der Waals surface area contributed by atoms with Gasteiger partial charge in [0.25, 0.3) is 0 Å². The maximum atomic E-state index is 12.7. The third-order valence-electron chi connectivity index (χ3n) is 7.43. The molecule has 0 unspecified atom stereocenters. The molecule has 0 radical (unpaired) electrons. The summed E-state index contributed by atoms with van der Waals surface area (Å²) in [5.74, 6) is 0.0114. The van der Waals surface area contributed by atoms with E-state index in [1.165, 1.54) is 0 Å². The molecule has 2 aliphatic heterocycles. The second-order valence-electron chi connectivity index (χ2n) is 9.89. The third kappa shape index (κ3) is 6.51. The van der Waals surface area contributed by atoms with Gasteiger partial charge in [0.05, 0.1) is 16.6 Å². The molecule has 2 saturated heterocycles. The Morgan fingerprint density at radius 2 is 1.69 bits per heavy atom. The molecule has 2 N–H and O–H groups in total. The Balaban J connectivity index is 1.31. The lowest BCUT2D eigenvalue weighted by molar-refractivity contribution is -0.117. The Morgan fingerprint density at radius 1 is 1.00 bits per heavy atom. The van der Waals surface area contributed by atoms with Crippen LogP contribution in [0.2, 0.25) is 10.0 Å². The number of halogens is 2. The van der Waals surface area contributed by atoms with Crippen LogP contribution in [0.15, 0.2) is 36.4 Å². The molecule has 2 heterocycles. The Labute approximate surface area is 223 Å². The molecule has 7 nitrogen and oxygen atoms in total. The molecule has 0 aromatic heterocycles. The number of hydrogen-bond acceptors (Lipinski definition) is 4. The molecule has 2 amide bonds. The first-order valence-electron chi connectivity index (χ1n) is 12.5. The lowest BCUT2D eigenvalue weighted by Gasteiger charge is -2.45. The monoisotopic (exact) mass is 532 g/mol. The van der Waals surface area contributed by atoms with E-state index in [4.69, 9.17) is 23.2 Å². The second-order valence-corrected chi connectivity index (χ2v) is 10.7. The van der Waals surface area contributed by atoms with E-state index in [0.29, 0.717) is 35.6 Å². The molecule has 0 saturated carbocycles. The zero-order chi connectivity index (χ0) is 25.8. The number of likely N-dealkylation sites (tertiary alicyclic amines) is 1. The average Bonchev–Trinajstić information content (AvgIpc) is 2.84. The Bertz CT molecular complexity index is 1080. The number of para-hydroxylation sites is 1. The molecule has 2 aliphatic rings. The van der Waals surface area contributed by atoms with Crippen molar-refractivity contribution >= 4 is 40.9 Å². The van der Waals surface area contributed by atoms with Crippen molar-refractivity contribution in [3.8, 4) is 0 Å². The summed E-state index contributed by atoms with van der Waals surface area (Å²) in [6.45, 7) is 8.27. The molecule has 2 aromatic rings. The molecule has 2 atom stereocenters. The number of anilines is 1. The SMILES string of the molecule is Cc1cccc(C)c1NC(=O)CN1CCN([C@@H]2CCN(C(=O)O)[C@H](Cc3ccc(Cl)c(Cl)c3)C2)CC1. The van der Waals surface area contributed by atoms with Crippen LogP contribution >= 0.6 is 23.2 Å². The van der Waals surface area contributed by atoms with Gasteiger partial charge in [0.1, 0.15) is 0 Å². The summed E-state index contributed by atoms with van der Waals surface area (Å²) < 4.78 is 0. The van der Waals surface area contributed by atoms with Crippen LogP contribution in [0.25, 0.3) is 0 Å². The third-order valence-corrected chi connectivity index (χ3v) is 8.16. The van der Waals surface area contributed by atoms with Gasteiger partial charge >= 0.3 is 6.09 Å². The van der Waals surface area contributed by atoms with Gasteiger partial charge in [-0.1, -0.05) is 47.5 Å². The largest absolute Gasteiger partial charge is 0.465 e. The van der Waals surface area contributed by atoms with Crippen molar-refractivity contribution < 1.29 is 14.7 Å². The van der Waals surface area contributed by atoms with Crippen LogP contribution in [0, 0.1) is 13.8 Å². The summed E-state index contributed by atoms with van der Waals surface area (Å²) in [5, 5.41) is 13.8. The van der Waals surface area contributed by atoms with Crippen molar-refractivity contribution in [1.29, 1.82) is 0 Å². The molecule has 0 aliphatic carbocycles. The van der Waals surface area contributed by atoms with E-state index >= 15 is 0 Å². The molecule has 2 fully saturated rings.